The molecule has 19 heavy (non-hydrogen) atoms. The van der Waals surface area contributed by atoms with Gasteiger partial charge in [-0.2, -0.15) is 0 Å². The normalized spacial score (nSPS) is 19.7. The Balaban J connectivity index is 1.96. The highest BCUT2D eigenvalue weighted by Gasteiger charge is 2.15. The molecule has 0 saturated carbocycles. The second-order valence-corrected chi connectivity index (χ2v) is 5.46. The first-order chi connectivity index (χ1) is 9.24. The van der Waals surface area contributed by atoms with E-state index in [0.717, 1.165) is 25.2 Å². The van der Waals surface area contributed by atoms with Gasteiger partial charge in [-0.3, -0.25) is 9.20 Å². The number of pyridine rings is 1. The lowest BCUT2D eigenvalue weighted by molar-refractivity contribution is 0.373. The molecule has 2 aromatic heterocycles. The fourth-order valence-electron chi connectivity index (χ4n) is 2.64. The Bertz CT molecular complexity index is 647. The van der Waals surface area contributed by atoms with Crippen molar-refractivity contribution in [2.24, 2.45) is 5.92 Å². The van der Waals surface area contributed by atoms with E-state index in [1.807, 2.05) is 0 Å². The third-order valence-electron chi connectivity index (χ3n) is 3.59. The number of nitrogens with one attached hydrogen (secondary N) is 1. The molecule has 5 heteroatoms. The van der Waals surface area contributed by atoms with Gasteiger partial charge in [0, 0.05) is 18.0 Å². The van der Waals surface area contributed by atoms with Crippen LogP contribution in [0.2, 0.25) is 5.02 Å². The smallest absolute Gasteiger partial charge is 0.258 e. The van der Waals surface area contributed by atoms with Gasteiger partial charge < -0.3 is 5.32 Å². The first-order valence-corrected chi connectivity index (χ1v) is 6.99. The van der Waals surface area contributed by atoms with Crippen molar-refractivity contribution in [3.63, 3.8) is 0 Å². The molecule has 1 saturated heterocycles. The fourth-order valence-corrected chi connectivity index (χ4v) is 2.84. The standard InChI is InChI=1S/C14H16ClN3O/c15-12-4-2-6-18-13(19)8-11(17-14(12)18)7-10-3-1-5-16-9-10/h2,4,6,8,10,16H,1,3,5,7,9H2. The molecule has 1 fully saturated rings. The average molecular weight is 278 g/mol. The number of aromatic nitrogens is 2. The van der Waals surface area contributed by atoms with Crippen LogP contribution in [0.25, 0.3) is 5.65 Å². The van der Waals surface area contributed by atoms with Crippen molar-refractivity contribution in [1.29, 1.82) is 0 Å². The number of hydrogen-bond acceptors (Lipinski definition) is 3. The van der Waals surface area contributed by atoms with Gasteiger partial charge in [-0.25, -0.2) is 4.98 Å². The van der Waals surface area contributed by atoms with Gasteiger partial charge in [-0.1, -0.05) is 11.6 Å². The molecule has 1 unspecified atom stereocenters. The average Bonchev–Trinajstić information content (AvgIpc) is 2.41. The molecule has 0 amide bonds. The number of rotatable bonds is 2. The zero-order valence-corrected chi connectivity index (χ0v) is 11.4. The van der Waals surface area contributed by atoms with Crippen LogP contribution < -0.4 is 10.9 Å². The Morgan fingerprint density at radius 2 is 2.42 bits per heavy atom. The molecular weight excluding hydrogens is 262 g/mol. The third-order valence-corrected chi connectivity index (χ3v) is 3.89. The van der Waals surface area contributed by atoms with Crippen molar-refractivity contribution in [1.82, 2.24) is 14.7 Å². The molecule has 0 aromatic carbocycles. The van der Waals surface area contributed by atoms with E-state index in [1.165, 1.54) is 17.2 Å². The summed E-state index contributed by atoms with van der Waals surface area (Å²) < 4.78 is 1.49. The van der Waals surface area contributed by atoms with E-state index in [1.54, 1.807) is 24.4 Å². The summed E-state index contributed by atoms with van der Waals surface area (Å²) in [5.74, 6) is 0.561. The zero-order chi connectivity index (χ0) is 13.2. The number of fused-ring (bicyclic) bond motifs is 1. The molecule has 1 N–H and O–H groups in total. The topological polar surface area (TPSA) is 46.4 Å². The predicted molar refractivity (Wildman–Crippen MR) is 75.8 cm³/mol. The molecule has 3 rings (SSSR count). The Morgan fingerprint density at radius 1 is 1.53 bits per heavy atom. The van der Waals surface area contributed by atoms with Crippen molar-refractivity contribution >= 4 is 17.2 Å². The first kappa shape index (κ1) is 12.6. The van der Waals surface area contributed by atoms with E-state index in [4.69, 9.17) is 11.6 Å². The quantitative estimate of drug-likeness (QED) is 0.912. The molecule has 4 nitrogen and oxygen atoms in total. The molecule has 0 radical (unpaired) electrons. The summed E-state index contributed by atoms with van der Waals surface area (Å²) in [4.78, 5) is 16.6. The van der Waals surface area contributed by atoms with Crippen LogP contribution in [0, 0.1) is 5.92 Å². The molecule has 3 heterocycles. The molecule has 1 aliphatic heterocycles. The second kappa shape index (κ2) is 5.31. The van der Waals surface area contributed by atoms with Crippen LogP contribution in [-0.4, -0.2) is 22.5 Å². The second-order valence-electron chi connectivity index (χ2n) is 5.05. The summed E-state index contributed by atoms with van der Waals surface area (Å²) in [7, 11) is 0. The monoisotopic (exact) mass is 277 g/mol. The van der Waals surface area contributed by atoms with Crippen molar-refractivity contribution < 1.29 is 0 Å². The predicted octanol–water partition coefficient (Wildman–Crippen LogP) is 1.89. The molecule has 0 bridgehead atoms. The van der Waals surface area contributed by atoms with E-state index in [-0.39, 0.29) is 5.56 Å². The molecular formula is C14H16ClN3O. The maximum absolute atomic E-state index is 12.0. The summed E-state index contributed by atoms with van der Waals surface area (Å²) in [5, 5.41) is 3.90. The van der Waals surface area contributed by atoms with Crippen LogP contribution >= 0.6 is 11.6 Å². The molecule has 1 aliphatic rings. The number of hydrogen-bond donors (Lipinski definition) is 1. The molecule has 0 aliphatic carbocycles. The largest absolute Gasteiger partial charge is 0.316 e. The minimum atomic E-state index is -0.0636. The number of nitrogens with zero attached hydrogens (tertiary/aromatic N) is 2. The minimum Gasteiger partial charge on any atom is -0.316 e. The summed E-state index contributed by atoms with van der Waals surface area (Å²) in [5.41, 5.74) is 1.33. The highest BCUT2D eigenvalue weighted by atomic mass is 35.5. The molecule has 1 atom stereocenters. The lowest BCUT2D eigenvalue weighted by Crippen LogP contribution is -2.31. The van der Waals surface area contributed by atoms with E-state index < -0.39 is 0 Å². The lowest BCUT2D eigenvalue weighted by atomic mass is 9.94. The third kappa shape index (κ3) is 2.65. The van der Waals surface area contributed by atoms with Gasteiger partial charge in [0.05, 0.1) is 5.02 Å². The van der Waals surface area contributed by atoms with Crippen LogP contribution in [0.4, 0.5) is 0 Å². The van der Waals surface area contributed by atoms with Crippen molar-refractivity contribution in [3.05, 3.63) is 45.5 Å². The summed E-state index contributed by atoms with van der Waals surface area (Å²) in [6.07, 6.45) is 4.92. The first-order valence-electron chi connectivity index (χ1n) is 6.61. The lowest BCUT2D eigenvalue weighted by Gasteiger charge is -2.22. The van der Waals surface area contributed by atoms with Gasteiger partial charge in [0.2, 0.25) is 0 Å². The molecule has 0 spiro atoms. The van der Waals surface area contributed by atoms with Crippen LogP contribution in [0.1, 0.15) is 18.5 Å². The van der Waals surface area contributed by atoms with Crippen LogP contribution in [0.3, 0.4) is 0 Å². The Labute approximate surface area is 116 Å². The summed E-state index contributed by atoms with van der Waals surface area (Å²) >= 11 is 6.11. The van der Waals surface area contributed by atoms with E-state index >= 15 is 0 Å². The highest BCUT2D eigenvalue weighted by molar-refractivity contribution is 6.33. The van der Waals surface area contributed by atoms with Gasteiger partial charge in [-0.05, 0) is 50.4 Å². The summed E-state index contributed by atoms with van der Waals surface area (Å²) in [6, 6.07) is 5.14. The van der Waals surface area contributed by atoms with Gasteiger partial charge in [0.25, 0.3) is 5.56 Å². The van der Waals surface area contributed by atoms with Gasteiger partial charge >= 0.3 is 0 Å². The van der Waals surface area contributed by atoms with Crippen molar-refractivity contribution in [2.45, 2.75) is 19.3 Å². The van der Waals surface area contributed by atoms with Crippen LogP contribution in [0.15, 0.2) is 29.2 Å². The zero-order valence-electron chi connectivity index (χ0n) is 10.6. The maximum Gasteiger partial charge on any atom is 0.258 e. The van der Waals surface area contributed by atoms with Crippen molar-refractivity contribution in [2.75, 3.05) is 13.1 Å². The minimum absolute atomic E-state index is 0.0636. The van der Waals surface area contributed by atoms with E-state index in [2.05, 4.69) is 10.3 Å². The van der Waals surface area contributed by atoms with Gasteiger partial charge in [-0.15, -0.1) is 0 Å². The van der Waals surface area contributed by atoms with Crippen molar-refractivity contribution in [3.8, 4) is 0 Å². The number of halogens is 1. The highest BCUT2D eigenvalue weighted by Crippen LogP contribution is 2.17. The van der Waals surface area contributed by atoms with Crippen LogP contribution in [0.5, 0.6) is 0 Å². The fraction of sp³-hybridized carbons (Fsp3) is 0.429. The maximum atomic E-state index is 12.0. The van der Waals surface area contributed by atoms with Gasteiger partial charge in [0.1, 0.15) is 0 Å². The Kier molecular flexibility index (Phi) is 3.53. The van der Waals surface area contributed by atoms with E-state index in [0.29, 0.717) is 16.6 Å². The molecule has 100 valence electrons. The molecule has 2 aromatic rings. The summed E-state index contributed by atoms with van der Waals surface area (Å²) in [6.45, 7) is 2.10. The number of piperidine rings is 1. The Morgan fingerprint density at radius 3 is 3.21 bits per heavy atom. The SMILES string of the molecule is O=c1cc(CC2CCCNC2)nc2c(Cl)cccn12. The van der Waals surface area contributed by atoms with Gasteiger partial charge in [0.15, 0.2) is 5.65 Å². The van der Waals surface area contributed by atoms with E-state index in [9.17, 15) is 4.79 Å². The Hall–Kier alpha value is -1.39. The van der Waals surface area contributed by atoms with Crippen LogP contribution in [-0.2, 0) is 6.42 Å².